The minimum Gasteiger partial charge on any atom is -0.378 e. The van der Waals surface area contributed by atoms with Crippen LogP contribution < -0.4 is 10.6 Å². The molecule has 0 radical (unpaired) electrons. The number of piperidine rings is 1. The molecule has 0 aromatic rings. The predicted octanol–water partition coefficient (Wildman–Crippen LogP) is 2.52. The molecular formula is C18H35IN4O2. The summed E-state index contributed by atoms with van der Waals surface area (Å²) in [6.07, 6.45) is 11.3. The summed E-state index contributed by atoms with van der Waals surface area (Å²) in [5.41, 5.74) is 0. The van der Waals surface area contributed by atoms with Crippen LogP contribution in [-0.4, -0.2) is 62.7 Å². The average Bonchev–Trinajstić information content (AvgIpc) is 2.65. The van der Waals surface area contributed by atoms with E-state index >= 15 is 0 Å². The Labute approximate surface area is 169 Å². The highest BCUT2D eigenvalue weighted by Gasteiger charge is 2.16. The largest absolute Gasteiger partial charge is 0.378 e. The van der Waals surface area contributed by atoms with Crippen molar-refractivity contribution in [1.82, 2.24) is 15.5 Å². The first-order chi connectivity index (χ1) is 11.8. The van der Waals surface area contributed by atoms with Gasteiger partial charge in [0.2, 0.25) is 5.91 Å². The summed E-state index contributed by atoms with van der Waals surface area (Å²) in [4.78, 5) is 18.3. The van der Waals surface area contributed by atoms with Gasteiger partial charge in [0.25, 0.3) is 0 Å². The highest BCUT2D eigenvalue weighted by atomic mass is 127. The number of carbonyl (C=O) groups is 1. The second-order valence-corrected chi connectivity index (χ2v) is 6.78. The van der Waals surface area contributed by atoms with Crippen molar-refractivity contribution in [2.24, 2.45) is 4.99 Å². The van der Waals surface area contributed by atoms with Crippen molar-refractivity contribution < 1.29 is 9.53 Å². The number of guanidine groups is 1. The number of hydrogen-bond donors (Lipinski definition) is 2. The number of rotatable bonds is 7. The van der Waals surface area contributed by atoms with Crippen LogP contribution in [0.4, 0.5) is 0 Å². The van der Waals surface area contributed by atoms with E-state index in [-0.39, 0.29) is 29.9 Å². The molecule has 0 atom stereocenters. The molecule has 0 bridgehead atoms. The summed E-state index contributed by atoms with van der Waals surface area (Å²) in [6.45, 7) is 3.71. The number of carbonyl (C=O) groups excluding carboxylic acids is 1. The van der Waals surface area contributed by atoms with Crippen LogP contribution in [0, 0.1) is 0 Å². The standard InChI is InChI=1S/C18H34N4O2.HI/c1-19-18(21-15-17(23)22-12-6-3-7-13-22)20-11-8-14-24-16-9-4-2-5-10-16;/h16H,2-15H2,1H3,(H2,19,20,21);1H. The Balaban J connectivity index is 0.00000312. The van der Waals surface area contributed by atoms with Crippen LogP contribution in [0.1, 0.15) is 57.8 Å². The summed E-state index contributed by atoms with van der Waals surface area (Å²) in [5.74, 6) is 0.858. The smallest absolute Gasteiger partial charge is 0.241 e. The van der Waals surface area contributed by atoms with Gasteiger partial charge in [0.1, 0.15) is 0 Å². The molecule has 6 nitrogen and oxygen atoms in total. The van der Waals surface area contributed by atoms with Crippen LogP contribution in [-0.2, 0) is 9.53 Å². The van der Waals surface area contributed by atoms with Crippen molar-refractivity contribution in [3.8, 4) is 0 Å². The van der Waals surface area contributed by atoms with Gasteiger partial charge in [0, 0.05) is 33.3 Å². The summed E-state index contributed by atoms with van der Waals surface area (Å²) in [5, 5.41) is 6.37. The van der Waals surface area contributed by atoms with Gasteiger partial charge in [-0.25, -0.2) is 0 Å². The fraction of sp³-hybridized carbons (Fsp3) is 0.889. The number of hydrogen-bond acceptors (Lipinski definition) is 3. The lowest BCUT2D eigenvalue weighted by atomic mass is 9.98. The van der Waals surface area contributed by atoms with E-state index in [0.717, 1.165) is 45.5 Å². The zero-order valence-corrected chi connectivity index (χ0v) is 17.9. The van der Waals surface area contributed by atoms with E-state index in [9.17, 15) is 4.79 Å². The van der Waals surface area contributed by atoms with Crippen molar-refractivity contribution >= 4 is 35.8 Å². The molecule has 25 heavy (non-hydrogen) atoms. The second kappa shape index (κ2) is 13.6. The van der Waals surface area contributed by atoms with E-state index in [0.29, 0.717) is 18.6 Å². The molecule has 0 unspecified atom stereocenters. The van der Waals surface area contributed by atoms with Gasteiger partial charge in [-0.2, -0.15) is 0 Å². The second-order valence-electron chi connectivity index (χ2n) is 6.78. The topological polar surface area (TPSA) is 66.0 Å². The quantitative estimate of drug-likeness (QED) is 0.262. The van der Waals surface area contributed by atoms with Crippen LogP contribution in [0.5, 0.6) is 0 Å². The molecule has 2 aliphatic rings. The Morgan fingerprint density at radius 2 is 1.76 bits per heavy atom. The maximum absolute atomic E-state index is 12.1. The molecule has 1 saturated carbocycles. The molecule has 0 aromatic heterocycles. The van der Waals surface area contributed by atoms with E-state index in [1.807, 2.05) is 4.90 Å². The van der Waals surface area contributed by atoms with Crippen molar-refractivity contribution in [3.63, 3.8) is 0 Å². The molecule has 1 amide bonds. The SMILES string of the molecule is CN=C(NCCCOC1CCCCC1)NCC(=O)N1CCCCC1.I. The first kappa shape index (κ1) is 22.5. The first-order valence-corrected chi connectivity index (χ1v) is 9.63. The molecule has 146 valence electrons. The van der Waals surface area contributed by atoms with E-state index < -0.39 is 0 Å². The fourth-order valence-electron chi connectivity index (χ4n) is 3.40. The Hall–Kier alpha value is -0.570. The van der Waals surface area contributed by atoms with E-state index in [4.69, 9.17) is 4.74 Å². The van der Waals surface area contributed by atoms with Gasteiger partial charge >= 0.3 is 0 Å². The number of halogens is 1. The highest BCUT2D eigenvalue weighted by molar-refractivity contribution is 14.0. The fourth-order valence-corrected chi connectivity index (χ4v) is 3.40. The molecule has 0 aromatic carbocycles. The first-order valence-electron chi connectivity index (χ1n) is 9.63. The van der Waals surface area contributed by atoms with E-state index in [1.165, 1.54) is 38.5 Å². The van der Waals surface area contributed by atoms with Crippen LogP contribution >= 0.6 is 24.0 Å². The number of nitrogens with one attached hydrogen (secondary N) is 2. The average molecular weight is 466 g/mol. The summed E-state index contributed by atoms with van der Waals surface area (Å²) < 4.78 is 5.91. The highest BCUT2D eigenvalue weighted by Crippen LogP contribution is 2.20. The van der Waals surface area contributed by atoms with Gasteiger partial charge in [-0.3, -0.25) is 9.79 Å². The summed E-state index contributed by atoms with van der Waals surface area (Å²) in [6, 6.07) is 0. The molecule has 7 heteroatoms. The molecule has 2 rings (SSSR count). The number of likely N-dealkylation sites (tertiary alicyclic amines) is 1. The lowest BCUT2D eigenvalue weighted by Gasteiger charge is -2.27. The zero-order chi connectivity index (χ0) is 17.0. The molecule has 1 aliphatic carbocycles. The van der Waals surface area contributed by atoms with Crippen molar-refractivity contribution in [3.05, 3.63) is 0 Å². The lowest BCUT2D eigenvalue weighted by molar-refractivity contribution is -0.130. The molecule has 0 spiro atoms. The number of amides is 1. The monoisotopic (exact) mass is 466 g/mol. The molecule has 2 fully saturated rings. The minimum absolute atomic E-state index is 0. The third kappa shape index (κ3) is 9.08. The van der Waals surface area contributed by atoms with Gasteiger partial charge < -0.3 is 20.3 Å². The van der Waals surface area contributed by atoms with Gasteiger partial charge in [-0.05, 0) is 38.5 Å². The molecule has 1 heterocycles. The van der Waals surface area contributed by atoms with Crippen LogP contribution in [0.2, 0.25) is 0 Å². The Morgan fingerprint density at radius 3 is 2.44 bits per heavy atom. The van der Waals surface area contributed by atoms with Gasteiger partial charge in [0.15, 0.2) is 5.96 Å². The molecule has 1 saturated heterocycles. The van der Waals surface area contributed by atoms with E-state index in [1.54, 1.807) is 7.05 Å². The number of nitrogens with zero attached hydrogens (tertiary/aromatic N) is 2. The van der Waals surface area contributed by atoms with E-state index in [2.05, 4.69) is 15.6 Å². The minimum atomic E-state index is 0. The normalized spacial score (nSPS) is 19.2. The van der Waals surface area contributed by atoms with Crippen molar-refractivity contribution in [1.29, 1.82) is 0 Å². The summed E-state index contributed by atoms with van der Waals surface area (Å²) in [7, 11) is 1.74. The van der Waals surface area contributed by atoms with Gasteiger partial charge in [-0.15, -0.1) is 24.0 Å². The predicted molar refractivity (Wildman–Crippen MR) is 113 cm³/mol. The van der Waals surface area contributed by atoms with Crippen LogP contribution in [0.15, 0.2) is 4.99 Å². The van der Waals surface area contributed by atoms with Gasteiger partial charge in [-0.1, -0.05) is 19.3 Å². The Bertz CT molecular complexity index is 395. The number of aliphatic imine (C=N–C) groups is 1. The molecule has 2 N–H and O–H groups in total. The third-order valence-corrected chi connectivity index (χ3v) is 4.86. The van der Waals surface area contributed by atoms with Crippen molar-refractivity contribution in [2.45, 2.75) is 63.9 Å². The maximum Gasteiger partial charge on any atom is 0.241 e. The number of ether oxygens (including phenoxy) is 1. The lowest BCUT2D eigenvalue weighted by Crippen LogP contribution is -2.46. The Kier molecular flexibility index (Phi) is 12.2. The van der Waals surface area contributed by atoms with Gasteiger partial charge in [0.05, 0.1) is 12.6 Å². The maximum atomic E-state index is 12.1. The summed E-state index contributed by atoms with van der Waals surface area (Å²) >= 11 is 0. The van der Waals surface area contributed by atoms with Crippen molar-refractivity contribution in [2.75, 3.05) is 39.8 Å². The Morgan fingerprint density at radius 1 is 1.08 bits per heavy atom. The van der Waals surface area contributed by atoms with Crippen LogP contribution in [0.25, 0.3) is 0 Å². The molecular weight excluding hydrogens is 431 g/mol. The molecule has 1 aliphatic heterocycles. The zero-order valence-electron chi connectivity index (χ0n) is 15.6. The van der Waals surface area contributed by atoms with Crippen LogP contribution in [0.3, 0.4) is 0 Å². The third-order valence-electron chi connectivity index (χ3n) is 4.86.